The third-order valence-electron chi connectivity index (χ3n) is 8.79. The lowest BCUT2D eigenvalue weighted by atomic mass is 9.60. The van der Waals surface area contributed by atoms with Crippen LogP contribution < -0.4 is 16.0 Å². The monoisotopic (exact) mass is 525 g/mol. The van der Waals surface area contributed by atoms with Gasteiger partial charge in [-0.05, 0) is 43.2 Å². The number of nitrogens with two attached hydrogens (primary N) is 1. The maximum Gasteiger partial charge on any atom is 0.255 e. The number of anilines is 1. The number of benzene rings is 1. The van der Waals surface area contributed by atoms with Gasteiger partial charge in [0, 0.05) is 55.8 Å². The number of amides is 1. The standard InChI is InChI=1S/C28H35N3O7/c1-31(2)18-10-14(12-30-16-6-4-3-5-7-16)23(33)21-17(18)9-13-8-15-11-19(32)22(27(29)37)26(36)28(15,38)25(35)20(13)24(21)34/h10,13,15-16,30,32-33,35,38H,3-9,11-12H2,1-2H3,(H2,29,37)/t13-,15+,28+/m1/s1. The molecule has 1 aromatic carbocycles. The molecule has 1 fully saturated rings. The highest BCUT2D eigenvalue weighted by atomic mass is 16.3. The van der Waals surface area contributed by atoms with Crippen molar-refractivity contribution in [3.8, 4) is 5.75 Å². The second kappa shape index (κ2) is 9.43. The van der Waals surface area contributed by atoms with Crippen molar-refractivity contribution in [2.75, 3.05) is 19.0 Å². The van der Waals surface area contributed by atoms with Crippen molar-refractivity contribution in [1.82, 2.24) is 5.32 Å². The van der Waals surface area contributed by atoms with E-state index in [9.17, 15) is 34.8 Å². The minimum Gasteiger partial charge on any atom is -0.511 e. The summed E-state index contributed by atoms with van der Waals surface area (Å²) in [5, 5.41) is 47.8. The smallest absolute Gasteiger partial charge is 0.255 e. The molecule has 0 radical (unpaired) electrons. The van der Waals surface area contributed by atoms with E-state index in [0.717, 1.165) is 31.4 Å². The fourth-order valence-electron chi connectivity index (χ4n) is 6.82. The second-order valence-corrected chi connectivity index (χ2v) is 11.3. The van der Waals surface area contributed by atoms with Gasteiger partial charge >= 0.3 is 0 Å². The van der Waals surface area contributed by atoms with E-state index in [1.165, 1.54) is 6.42 Å². The van der Waals surface area contributed by atoms with Crippen LogP contribution in [0.4, 0.5) is 5.69 Å². The third kappa shape index (κ3) is 3.89. The van der Waals surface area contributed by atoms with E-state index < -0.39 is 52.0 Å². The minimum absolute atomic E-state index is 0.0493. The molecule has 10 heteroatoms. The molecule has 0 spiro atoms. The number of carbonyl (C=O) groups is 3. The zero-order chi connectivity index (χ0) is 27.5. The van der Waals surface area contributed by atoms with Crippen molar-refractivity contribution in [3.05, 3.63) is 45.4 Å². The van der Waals surface area contributed by atoms with E-state index in [-0.39, 0.29) is 36.1 Å². The maximum atomic E-state index is 13.9. The summed E-state index contributed by atoms with van der Waals surface area (Å²) in [6, 6.07) is 2.21. The average molecular weight is 526 g/mol. The molecule has 1 aromatic rings. The number of nitrogens with one attached hydrogen (secondary N) is 1. The number of primary amides is 1. The Morgan fingerprint density at radius 1 is 1.13 bits per heavy atom. The second-order valence-electron chi connectivity index (χ2n) is 11.3. The summed E-state index contributed by atoms with van der Waals surface area (Å²) >= 11 is 0. The molecule has 4 aliphatic rings. The van der Waals surface area contributed by atoms with Crippen LogP contribution in [0, 0.1) is 11.8 Å². The number of phenols is 1. The molecule has 0 heterocycles. The van der Waals surface area contributed by atoms with E-state index in [4.69, 9.17) is 5.73 Å². The molecule has 4 aliphatic carbocycles. The molecule has 7 N–H and O–H groups in total. The summed E-state index contributed by atoms with van der Waals surface area (Å²) in [5.41, 5.74) is 3.78. The molecule has 1 saturated carbocycles. The first kappa shape index (κ1) is 26.2. The Labute approximate surface area is 220 Å². The number of hydrogen-bond acceptors (Lipinski definition) is 9. The van der Waals surface area contributed by atoms with Gasteiger partial charge in [0.25, 0.3) is 5.91 Å². The van der Waals surface area contributed by atoms with E-state index in [2.05, 4.69) is 5.32 Å². The van der Waals surface area contributed by atoms with Crippen molar-refractivity contribution >= 4 is 23.2 Å². The number of aliphatic hydroxyl groups excluding tert-OH is 2. The number of allylic oxidation sites excluding steroid dienone is 2. The summed E-state index contributed by atoms with van der Waals surface area (Å²) in [4.78, 5) is 40.8. The van der Waals surface area contributed by atoms with Crippen LogP contribution in [0.25, 0.3) is 0 Å². The highest BCUT2D eigenvalue weighted by Gasteiger charge is 2.59. The highest BCUT2D eigenvalue weighted by Crippen LogP contribution is 2.52. The van der Waals surface area contributed by atoms with Crippen molar-refractivity contribution in [3.63, 3.8) is 0 Å². The molecule has 0 aromatic heterocycles. The topological polar surface area (TPSA) is 173 Å². The van der Waals surface area contributed by atoms with Gasteiger partial charge in [-0.15, -0.1) is 0 Å². The molecule has 0 unspecified atom stereocenters. The third-order valence-corrected chi connectivity index (χ3v) is 8.79. The molecule has 0 aliphatic heterocycles. The quantitative estimate of drug-likeness (QED) is 0.315. The lowest BCUT2D eigenvalue weighted by Gasteiger charge is -2.46. The summed E-state index contributed by atoms with van der Waals surface area (Å²) in [7, 11) is 3.71. The number of fused-ring (bicyclic) bond motifs is 3. The maximum absolute atomic E-state index is 13.9. The number of phenolic OH excluding ortho intramolecular Hbond substituents is 1. The van der Waals surface area contributed by atoms with Crippen LogP contribution in [0.1, 0.15) is 66.4 Å². The highest BCUT2D eigenvalue weighted by molar-refractivity contribution is 6.24. The number of nitrogens with zero attached hydrogens (tertiary/aromatic N) is 1. The zero-order valence-corrected chi connectivity index (χ0v) is 21.7. The first-order valence-electron chi connectivity index (χ1n) is 13.2. The fraction of sp³-hybridized carbons (Fsp3) is 0.536. The Hall–Kier alpha value is -3.37. The number of ketones is 2. The minimum atomic E-state index is -2.56. The van der Waals surface area contributed by atoms with Crippen molar-refractivity contribution in [1.29, 1.82) is 0 Å². The van der Waals surface area contributed by atoms with Gasteiger partial charge in [-0.25, -0.2) is 0 Å². The summed E-state index contributed by atoms with van der Waals surface area (Å²) in [6.07, 6.45) is 5.78. The predicted molar refractivity (Wildman–Crippen MR) is 139 cm³/mol. The number of hydrogen-bond donors (Lipinski definition) is 6. The van der Waals surface area contributed by atoms with Crippen LogP contribution in [-0.2, 0) is 22.6 Å². The Kier molecular flexibility index (Phi) is 6.51. The normalized spacial score (nSPS) is 27.7. The zero-order valence-electron chi connectivity index (χ0n) is 21.7. The van der Waals surface area contributed by atoms with Gasteiger partial charge in [-0.1, -0.05) is 19.3 Å². The summed E-state index contributed by atoms with van der Waals surface area (Å²) in [5.74, 6) is -6.14. The lowest BCUT2D eigenvalue weighted by molar-refractivity contribution is -0.144. The van der Waals surface area contributed by atoms with Gasteiger partial charge in [0.15, 0.2) is 11.4 Å². The lowest BCUT2D eigenvalue weighted by Crippen LogP contribution is -2.57. The molecule has 38 heavy (non-hydrogen) atoms. The van der Waals surface area contributed by atoms with Crippen LogP contribution >= 0.6 is 0 Å². The molecule has 0 saturated heterocycles. The van der Waals surface area contributed by atoms with Gasteiger partial charge in [-0.3, -0.25) is 14.4 Å². The Bertz CT molecular complexity index is 1290. The molecule has 204 valence electrons. The number of Topliss-reactive ketones (excluding diaryl/α,β-unsaturated/α-hetero) is 2. The first-order chi connectivity index (χ1) is 18.0. The molecule has 1 amide bonds. The van der Waals surface area contributed by atoms with Gasteiger partial charge in [-0.2, -0.15) is 0 Å². The number of rotatable bonds is 5. The van der Waals surface area contributed by atoms with Crippen LogP contribution in [0.2, 0.25) is 0 Å². The van der Waals surface area contributed by atoms with Crippen LogP contribution in [0.15, 0.2) is 28.7 Å². The number of aromatic hydroxyl groups is 1. The Morgan fingerprint density at radius 2 is 1.82 bits per heavy atom. The molecular formula is C28H35N3O7. The summed E-state index contributed by atoms with van der Waals surface area (Å²) in [6.45, 7) is 0.364. The molecule has 0 bridgehead atoms. The average Bonchev–Trinajstić information content (AvgIpc) is 2.86. The molecular weight excluding hydrogens is 490 g/mol. The van der Waals surface area contributed by atoms with Gasteiger partial charge < -0.3 is 36.4 Å². The van der Waals surface area contributed by atoms with E-state index in [1.807, 2.05) is 25.1 Å². The number of aliphatic hydroxyl groups is 3. The van der Waals surface area contributed by atoms with E-state index >= 15 is 0 Å². The van der Waals surface area contributed by atoms with Crippen LogP contribution in [0.3, 0.4) is 0 Å². The predicted octanol–water partition coefficient (Wildman–Crippen LogP) is 2.07. The van der Waals surface area contributed by atoms with Gasteiger partial charge in [0.1, 0.15) is 22.8 Å². The van der Waals surface area contributed by atoms with E-state index in [1.54, 1.807) is 0 Å². The largest absolute Gasteiger partial charge is 0.511 e. The van der Waals surface area contributed by atoms with Gasteiger partial charge in [0.2, 0.25) is 5.78 Å². The van der Waals surface area contributed by atoms with E-state index in [0.29, 0.717) is 23.7 Å². The Balaban J connectivity index is 1.59. The Morgan fingerprint density at radius 3 is 2.45 bits per heavy atom. The van der Waals surface area contributed by atoms with Gasteiger partial charge in [0.05, 0.1) is 5.56 Å². The fourth-order valence-corrected chi connectivity index (χ4v) is 6.82. The van der Waals surface area contributed by atoms with Crippen molar-refractivity contribution in [2.24, 2.45) is 17.6 Å². The molecule has 5 rings (SSSR count). The summed E-state index contributed by atoms with van der Waals surface area (Å²) < 4.78 is 0. The van der Waals surface area contributed by atoms with Crippen LogP contribution in [0.5, 0.6) is 5.75 Å². The van der Waals surface area contributed by atoms with Crippen LogP contribution in [-0.4, -0.2) is 63.6 Å². The molecule has 3 atom stereocenters. The molecule has 10 nitrogen and oxygen atoms in total. The number of carbonyl (C=O) groups excluding carboxylic acids is 3. The van der Waals surface area contributed by atoms with Crippen molar-refractivity contribution in [2.45, 2.75) is 69.6 Å². The SMILES string of the molecule is CN(C)c1cc(CNC2CCCCC2)c(O)c2c1C[C@H]1C[C@H]3CC(O)=C(C(N)=O)C(=O)[C@@]3(O)C(O)=C1C2=O. The van der Waals surface area contributed by atoms with Crippen molar-refractivity contribution < 1.29 is 34.8 Å². The first-order valence-corrected chi connectivity index (χ1v) is 13.2.